The Bertz CT molecular complexity index is 718. The van der Waals surface area contributed by atoms with Crippen molar-refractivity contribution in [3.63, 3.8) is 0 Å². The number of hydrogen-bond acceptors (Lipinski definition) is 3. The predicted molar refractivity (Wildman–Crippen MR) is 151 cm³/mol. The van der Waals surface area contributed by atoms with E-state index in [1.807, 2.05) is 27.7 Å². The molecule has 0 spiro atoms. The van der Waals surface area contributed by atoms with Gasteiger partial charge in [0.15, 0.2) is 0 Å². The van der Waals surface area contributed by atoms with Gasteiger partial charge in [0.05, 0.1) is 6.10 Å². The van der Waals surface area contributed by atoms with Crippen LogP contribution in [0.15, 0.2) is 0 Å². The molecule has 1 aliphatic heterocycles. The van der Waals surface area contributed by atoms with Crippen LogP contribution in [0.1, 0.15) is 133 Å². The molecule has 5 fully saturated rings. The van der Waals surface area contributed by atoms with Crippen LogP contribution in [0.25, 0.3) is 0 Å². The van der Waals surface area contributed by atoms with Gasteiger partial charge in [-0.15, -0.1) is 0 Å². The number of carbonyl (C=O) groups excluding carboxylic acids is 1. The first-order valence-corrected chi connectivity index (χ1v) is 16.0. The van der Waals surface area contributed by atoms with Gasteiger partial charge in [0.25, 0.3) is 0 Å². The van der Waals surface area contributed by atoms with E-state index in [2.05, 4.69) is 34.6 Å². The molecule has 0 bridgehead atoms. The maximum absolute atomic E-state index is 12.4. The molecule has 0 aromatic rings. The molecule has 0 aromatic carbocycles. The van der Waals surface area contributed by atoms with Gasteiger partial charge < -0.3 is 9.84 Å². The van der Waals surface area contributed by atoms with Crippen LogP contribution < -0.4 is 0 Å². The van der Waals surface area contributed by atoms with Crippen LogP contribution in [-0.2, 0) is 9.53 Å². The third-order valence-corrected chi connectivity index (χ3v) is 12.1. The average molecular weight is 505 g/mol. The highest BCUT2D eigenvalue weighted by atomic mass is 16.5. The van der Waals surface area contributed by atoms with E-state index in [4.69, 9.17) is 4.74 Å². The van der Waals surface area contributed by atoms with Crippen molar-refractivity contribution in [3.05, 3.63) is 0 Å². The Morgan fingerprint density at radius 3 is 2.19 bits per heavy atom. The fraction of sp³-hybridized carbons (Fsp3) is 0.970. The number of carbonyl (C=O) groups is 1. The molecular formula is C33H60O3. The van der Waals surface area contributed by atoms with Crippen molar-refractivity contribution in [3.8, 4) is 0 Å². The van der Waals surface area contributed by atoms with Gasteiger partial charge in [-0.3, -0.25) is 4.79 Å². The minimum Gasteiger partial charge on any atom is -0.462 e. The second kappa shape index (κ2) is 12.1. The van der Waals surface area contributed by atoms with Gasteiger partial charge >= 0.3 is 5.97 Å². The zero-order valence-electron chi connectivity index (χ0n) is 25.3. The SMILES string of the molecule is CC.CC.CC(C)C1CC(=O)OC(C(C)C2CCC3C4C(O)CC5CCCCC5(C)C4CCC23C)C1. The van der Waals surface area contributed by atoms with E-state index in [0.29, 0.717) is 53.3 Å². The molecule has 210 valence electrons. The molecule has 0 radical (unpaired) electrons. The summed E-state index contributed by atoms with van der Waals surface area (Å²) >= 11 is 0. The van der Waals surface area contributed by atoms with Gasteiger partial charge in [0.2, 0.25) is 0 Å². The Labute approximate surface area is 223 Å². The summed E-state index contributed by atoms with van der Waals surface area (Å²) < 4.78 is 5.99. The molecule has 1 N–H and O–H groups in total. The Morgan fingerprint density at radius 2 is 1.53 bits per heavy atom. The van der Waals surface area contributed by atoms with Crippen LogP contribution in [0, 0.1) is 58.2 Å². The number of esters is 1. The minimum absolute atomic E-state index is 0.0224. The molecule has 4 saturated carbocycles. The Hall–Kier alpha value is -0.570. The first-order valence-electron chi connectivity index (χ1n) is 16.0. The highest BCUT2D eigenvalue weighted by Gasteiger charge is 2.63. The normalized spacial score (nSPS) is 46.6. The zero-order valence-corrected chi connectivity index (χ0v) is 25.3. The predicted octanol–water partition coefficient (Wildman–Crippen LogP) is 8.67. The van der Waals surface area contributed by atoms with Gasteiger partial charge in [-0.25, -0.2) is 0 Å². The van der Waals surface area contributed by atoms with E-state index in [1.54, 1.807) is 0 Å². The van der Waals surface area contributed by atoms with E-state index >= 15 is 0 Å². The first kappa shape index (κ1) is 30.0. The molecule has 0 aromatic heterocycles. The quantitative estimate of drug-likeness (QED) is 0.391. The van der Waals surface area contributed by atoms with Gasteiger partial charge in [-0.2, -0.15) is 0 Å². The number of cyclic esters (lactones) is 1. The molecule has 3 nitrogen and oxygen atoms in total. The van der Waals surface area contributed by atoms with Crippen molar-refractivity contribution in [2.45, 2.75) is 145 Å². The highest BCUT2D eigenvalue weighted by Crippen LogP contribution is 2.68. The van der Waals surface area contributed by atoms with Crippen molar-refractivity contribution in [1.29, 1.82) is 0 Å². The minimum atomic E-state index is -0.104. The molecule has 36 heavy (non-hydrogen) atoms. The maximum atomic E-state index is 12.4. The van der Waals surface area contributed by atoms with Crippen molar-refractivity contribution >= 4 is 5.97 Å². The third kappa shape index (κ3) is 5.17. The fourth-order valence-electron chi connectivity index (χ4n) is 10.1. The monoisotopic (exact) mass is 504 g/mol. The van der Waals surface area contributed by atoms with Crippen molar-refractivity contribution < 1.29 is 14.6 Å². The van der Waals surface area contributed by atoms with Gasteiger partial charge in [-0.05, 0) is 110 Å². The van der Waals surface area contributed by atoms with E-state index in [-0.39, 0.29) is 23.6 Å². The average Bonchev–Trinajstić information content (AvgIpc) is 3.23. The molecule has 4 aliphatic carbocycles. The lowest BCUT2D eigenvalue weighted by Gasteiger charge is -2.62. The molecule has 5 aliphatic rings. The number of fused-ring (bicyclic) bond motifs is 5. The van der Waals surface area contributed by atoms with E-state index < -0.39 is 0 Å². The summed E-state index contributed by atoms with van der Waals surface area (Å²) in [6.07, 6.45) is 13.2. The lowest BCUT2D eigenvalue weighted by Crippen LogP contribution is -2.58. The summed E-state index contributed by atoms with van der Waals surface area (Å²) in [5.41, 5.74) is 0.743. The highest BCUT2D eigenvalue weighted by molar-refractivity contribution is 5.70. The first-order chi connectivity index (χ1) is 17.1. The van der Waals surface area contributed by atoms with Crippen molar-refractivity contribution in [2.75, 3.05) is 0 Å². The number of ether oxygens (including phenoxy) is 1. The molecule has 1 saturated heterocycles. The van der Waals surface area contributed by atoms with Gasteiger partial charge in [0.1, 0.15) is 6.10 Å². The van der Waals surface area contributed by atoms with Crippen molar-refractivity contribution in [1.82, 2.24) is 0 Å². The lowest BCUT2D eigenvalue weighted by atomic mass is 9.44. The topological polar surface area (TPSA) is 46.5 Å². The van der Waals surface area contributed by atoms with Crippen LogP contribution in [0.2, 0.25) is 0 Å². The second-order valence-electron chi connectivity index (χ2n) is 13.6. The standard InChI is InChI=1S/C29H48O3.2C2H6/c1-17(2)19-14-25(32-26(31)15-19)18(3)21-9-10-22-27-23(11-13-29(21,22)5)28(4)12-7-6-8-20(28)16-24(27)30;2*1-2/h17-25,27,30H,6-16H2,1-5H3;2*1-2H3. The lowest BCUT2D eigenvalue weighted by molar-refractivity contribution is -0.174. The molecule has 11 unspecified atom stereocenters. The zero-order chi connectivity index (χ0) is 26.8. The summed E-state index contributed by atoms with van der Waals surface area (Å²) in [7, 11) is 0. The molecule has 3 heteroatoms. The largest absolute Gasteiger partial charge is 0.462 e. The van der Waals surface area contributed by atoms with E-state index in [1.165, 1.54) is 51.4 Å². The van der Waals surface area contributed by atoms with Gasteiger partial charge in [0, 0.05) is 6.42 Å². The van der Waals surface area contributed by atoms with E-state index in [0.717, 1.165) is 18.8 Å². The maximum Gasteiger partial charge on any atom is 0.306 e. The molecule has 1 heterocycles. The van der Waals surface area contributed by atoms with Crippen LogP contribution in [0.4, 0.5) is 0 Å². The molecule has 11 atom stereocenters. The van der Waals surface area contributed by atoms with Crippen LogP contribution in [0.5, 0.6) is 0 Å². The van der Waals surface area contributed by atoms with Crippen LogP contribution in [-0.4, -0.2) is 23.3 Å². The third-order valence-electron chi connectivity index (χ3n) is 12.1. The summed E-state index contributed by atoms with van der Waals surface area (Å²) in [6.45, 7) is 20.0. The fourth-order valence-corrected chi connectivity index (χ4v) is 10.1. The summed E-state index contributed by atoms with van der Waals surface area (Å²) in [5.74, 6) is 4.64. The van der Waals surface area contributed by atoms with Crippen molar-refractivity contribution in [2.24, 2.45) is 58.2 Å². The van der Waals surface area contributed by atoms with E-state index in [9.17, 15) is 9.90 Å². The Balaban J connectivity index is 0.000000861. The summed E-state index contributed by atoms with van der Waals surface area (Å²) in [5, 5.41) is 11.5. The Morgan fingerprint density at radius 1 is 0.861 bits per heavy atom. The van der Waals surface area contributed by atoms with Gasteiger partial charge in [-0.1, -0.05) is 75.2 Å². The number of aliphatic hydroxyl groups excluding tert-OH is 1. The molecule has 5 rings (SSSR count). The number of aliphatic hydroxyl groups is 1. The summed E-state index contributed by atoms with van der Waals surface area (Å²) in [6, 6.07) is 0. The van der Waals surface area contributed by atoms with Crippen LogP contribution in [0.3, 0.4) is 0 Å². The number of hydrogen-bond donors (Lipinski definition) is 1. The molecule has 0 amide bonds. The summed E-state index contributed by atoms with van der Waals surface area (Å²) in [4.78, 5) is 12.4. The smallest absolute Gasteiger partial charge is 0.306 e. The molecular weight excluding hydrogens is 444 g/mol. The Kier molecular flexibility index (Phi) is 10.1. The second-order valence-corrected chi connectivity index (χ2v) is 13.6. The van der Waals surface area contributed by atoms with Crippen LogP contribution >= 0.6 is 0 Å². The number of rotatable bonds is 3.